The van der Waals surface area contributed by atoms with Crippen LogP contribution in [0.25, 0.3) is 10.4 Å². The predicted octanol–water partition coefficient (Wildman–Crippen LogP) is 3.71. The predicted molar refractivity (Wildman–Crippen MR) is 110 cm³/mol. The molecule has 26 heavy (non-hydrogen) atoms. The molecule has 1 N–H and O–H groups in total. The molecule has 4 nitrogen and oxygen atoms in total. The molecular formula is C20H26ClN3OS. The van der Waals surface area contributed by atoms with E-state index in [1.807, 2.05) is 29.5 Å². The maximum atomic E-state index is 11.8. The molecule has 2 aromatic rings. The Bertz CT molecular complexity index is 725. The number of carbonyl (C=O) groups is 1. The minimum atomic E-state index is 0.142. The molecule has 6 heteroatoms. The maximum absolute atomic E-state index is 11.8. The number of piperazine rings is 1. The number of thiophene rings is 1. The van der Waals surface area contributed by atoms with Crippen molar-refractivity contribution >= 4 is 28.8 Å². The molecule has 0 atom stereocenters. The number of rotatable bonds is 7. The Labute approximate surface area is 164 Å². The summed E-state index contributed by atoms with van der Waals surface area (Å²) in [4.78, 5) is 19.1. The van der Waals surface area contributed by atoms with E-state index in [1.54, 1.807) is 0 Å². The molecule has 0 radical (unpaired) electrons. The summed E-state index contributed by atoms with van der Waals surface area (Å²) in [6, 6.07) is 12.4. The standard InChI is InChI=1S/C20H26ClN3OS/c1-2-9-22-20(25)15-24-12-10-23(11-13-24)14-16-7-8-19(26-16)17-5-3-4-6-18(17)21/h3-8H,2,9-15H2,1H3,(H,22,25). The maximum Gasteiger partial charge on any atom is 0.234 e. The van der Waals surface area contributed by atoms with Crippen molar-refractivity contribution in [3.05, 3.63) is 46.3 Å². The fraction of sp³-hybridized carbons (Fsp3) is 0.450. The van der Waals surface area contributed by atoms with Gasteiger partial charge in [-0.05, 0) is 24.6 Å². The molecule has 0 unspecified atom stereocenters. The zero-order valence-corrected chi connectivity index (χ0v) is 16.8. The number of nitrogens with zero attached hydrogens (tertiary/aromatic N) is 2. The quantitative estimate of drug-likeness (QED) is 0.781. The highest BCUT2D eigenvalue weighted by Gasteiger charge is 2.19. The Balaban J connectivity index is 1.48. The third kappa shape index (κ3) is 5.30. The Morgan fingerprint density at radius 3 is 2.58 bits per heavy atom. The number of halogens is 1. The first-order valence-corrected chi connectivity index (χ1v) is 10.4. The zero-order valence-electron chi connectivity index (χ0n) is 15.2. The molecular weight excluding hydrogens is 366 g/mol. The summed E-state index contributed by atoms with van der Waals surface area (Å²) >= 11 is 8.12. The number of hydrogen-bond acceptors (Lipinski definition) is 4. The van der Waals surface area contributed by atoms with Gasteiger partial charge in [-0.25, -0.2) is 0 Å². The van der Waals surface area contributed by atoms with Crippen LogP contribution in [0.1, 0.15) is 18.2 Å². The monoisotopic (exact) mass is 391 g/mol. The highest BCUT2D eigenvalue weighted by molar-refractivity contribution is 7.15. The number of benzene rings is 1. The first kappa shape index (κ1) is 19.4. The highest BCUT2D eigenvalue weighted by atomic mass is 35.5. The summed E-state index contributed by atoms with van der Waals surface area (Å²) in [5.41, 5.74) is 1.10. The average Bonchev–Trinajstić information content (AvgIpc) is 3.10. The van der Waals surface area contributed by atoms with Crippen LogP contribution in [-0.4, -0.2) is 55.0 Å². The number of nitrogens with one attached hydrogen (secondary N) is 1. The van der Waals surface area contributed by atoms with Crippen LogP contribution in [0.15, 0.2) is 36.4 Å². The van der Waals surface area contributed by atoms with Crippen molar-refractivity contribution in [1.29, 1.82) is 0 Å². The Kier molecular flexibility index (Phi) is 7.08. The van der Waals surface area contributed by atoms with Crippen molar-refractivity contribution in [3.63, 3.8) is 0 Å². The van der Waals surface area contributed by atoms with Gasteiger partial charge in [0.1, 0.15) is 0 Å². The van der Waals surface area contributed by atoms with Gasteiger partial charge in [0.2, 0.25) is 5.91 Å². The van der Waals surface area contributed by atoms with Crippen LogP contribution in [0, 0.1) is 0 Å². The van der Waals surface area contributed by atoms with Crippen LogP contribution >= 0.6 is 22.9 Å². The minimum absolute atomic E-state index is 0.142. The van der Waals surface area contributed by atoms with Crippen molar-refractivity contribution < 1.29 is 4.79 Å². The lowest BCUT2D eigenvalue weighted by Crippen LogP contribution is -2.49. The van der Waals surface area contributed by atoms with Crippen LogP contribution in [0.3, 0.4) is 0 Å². The van der Waals surface area contributed by atoms with Gasteiger partial charge in [0, 0.05) is 59.6 Å². The first-order chi connectivity index (χ1) is 12.7. The van der Waals surface area contributed by atoms with Crippen molar-refractivity contribution in [1.82, 2.24) is 15.1 Å². The second-order valence-corrected chi connectivity index (χ2v) is 8.22. The van der Waals surface area contributed by atoms with Gasteiger partial charge in [-0.2, -0.15) is 0 Å². The largest absolute Gasteiger partial charge is 0.355 e. The second kappa shape index (κ2) is 9.51. The zero-order chi connectivity index (χ0) is 18.4. The lowest BCUT2D eigenvalue weighted by molar-refractivity contribution is -0.122. The third-order valence-corrected chi connectivity index (χ3v) is 6.02. The summed E-state index contributed by atoms with van der Waals surface area (Å²) in [5, 5.41) is 3.75. The van der Waals surface area contributed by atoms with E-state index >= 15 is 0 Å². The van der Waals surface area contributed by atoms with E-state index in [4.69, 9.17) is 11.6 Å². The van der Waals surface area contributed by atoms with Crippen LogP contribution in [0.5, 0.6) is 0 Å². The fourth-order valence-corrected chi connectivity index (χ4v) is 4.50. The average molecular weight is 392 g/mol. The summed E-state index contributed by atoms with van der Waals surface area (Å²) < 4.78 is 0. The molecule has 0 spiro atoms. The lowest BCUT2D eigenvalue weighted by atomic mass is 10.2. The van der Waals surface area contributed by atoms with Crippen molar-refractivity contribution in [2.45, 2.75) is 19.9 Å². The molecule has 0 bridgehead atoms. The summed E-state index contributed by atoms with van der Waals surface area (Å²) in [6.07, 6.45) is 0.983. The van der Waals surface area contributed by atoms with Crippen molar-refractivity contribution in [3.8, 4) is 10.4 Å². The van der Waals surface area contributed by atoms with Crippen LogP contribution in [0.4, 0.5) is 0 Å². The summed E-state index contributed by atoms with van der Waals surface area (Å²) in [7, 11) is 0. The Morgan fingerprint density at radius 1 is 1.12 bits per heavy atom. The Morgan fingerprint density at radius 2 is 1.85 bits per heavy atom. The molecule has 1 amide bonds. The Hall–Kier alpha value is -1.40. The molecule has 1 aliphatic rings. The molecule has 1 aromatic carbocycles. The van der Waals surface area contributed by atoms with Crippen molar-refractivity contribution in [2.75, 3.05) is 39.3 Å². The van der Waals surface area contributed by atoms with E-state index in [0.717, 1.165) is 56.3 Å². The molecule has 140 valence electrons. The van der Waals surface area contributed by atoms with Gasteiger partial charge in [0.05, 0.1) is 6.54 Å². The van der Waals surface area contributed by atoms with Gasteiger partial charge in [0.25, 0.3) is 0 Å². The minimum Gasteiger partial charge on any atom is -0.355 e. The topological polar surface area (TPSA) is 35.6 Å². The van der Waals surface area contributed by atoms with E-state index < -0.39 is 0 Å². The fourth-order valence-electron chi connectivity index (χ4n) is 3.12. The van der Waals surface area contributed by atoms with Gasteiger partial charge in [0.15, 0.2) is 0 Å². The highest BCUT2D eigenvalue weighted by Crippen LogP contribution is 2.33. The van der Waals surface area contributed by atoms with E-state index in [-0.39, 0.29) is 5.91 Å². The lowest BCUT2D eigenvalue weighted by Gasteiger charge is -2.34. The molecule has 1 saturated heterocycles. The summed E-state index contributed by atoms with van der Waals surface area (Å²) in [5.74, 6) is 0.142. The van der Waals surface area contributed by atoms with Gasteiger partial charge in [-0.15, -0.1) is 11.3 Å². The number of amides is 1. The van der Waals surface area contributed by atoms with Gasteiger partial charge >= 0.3 is 0 Å². The van der Waals surface area contributed by atoms with Gasteiger partial charge in [-0.3, -0.25) is 14.6 Å². The van der Waals surface area contributed by atoms with Gasteiger partial charge in [-0.1, -0.05) is 36.7 Å². The SMILES string of the molecule is CCCNC(=O)CN1CCN(Cc2ccc(-c3ccccc3Cl)s2)CC1. The number of hydrogen-bond donors (Lipinski definition) is 1. The van der Waals surface area contributed by atoms with E-state index in [0.29, 0.717) is 6.54 Å². The third-order valence-electron chi connectivity index (χ3n) is 4.58. The molecule has 0 aliphatic carbocycles. The van der Waals surface area contributed by atoms with Crippen LogP contribution in [-0.2, 0) is 11.3 Å². The molecule has 1 fully saturated rings. The smallest absolute Gasteiger partial charge is 0.234 e. The second-order valence-electron chi connectivity index (χ2n) is 6.65. The van der Waals surface area contributed by atoms with Gasteiger partial charge < -0.3 is 5.32 Å². The number of carbonyl (C=O) groups excluding carboxylic acids is 1. The van der Waals surface area contributed by atoms with Crippen molar-refractivity contribution in [2.24, 2.45) is 0 Å². The summed E-state index contributed by atoms with van der Waals surface area (Å²) in [6.45, 7) is 8.21. The molecule has 0 saturated carbocycles. The molecule has 2 heterocycles. The van der Waals surface area contributed by atoms with Crippen LogP contribution < -0.4 is 5.32 Å². The van der Waals surface area contributed by atoms with E-state index in [2.05, 4.69) is 40.2 Å². The van der Waals surface area contributed by atoms with E-state index in [1.165, 1.54) is 9.75 Å². The van der Waals surface area contributed by atoms with Crippen LogP contribution in [0.2, 0.25) is 5.02 Å². The normalized spacial score (nSPS) is 15.9. The first-order valence-electron chi connectivity index (χ1n) is 9.20. The van der Waals surface area contributed by atoms with E-state index in [9.17, 15) is 4.79 Å². The molecule has 1 aliphatic heterocycles. The molecule has 3 rings (SSSR count). The molecule has 1 aromatic heterocycles.